The number of hydrogen-bond acceptors (Lipinski definition) is 8. The van der Waals surface area contributed by atoms with Gasteiger partial charge in [0.25, 0.3) is 5.91 Å². The number of carbonyl (C=O) groups is 1. The van der Waals surface area contributed by atoms with Gasteiger partial charge in [-0.15, -0.1) is 0 Å². The molecule has 1 aliphatic heterocycles. The number of hydrogen-bond donors (Lipinski definition) is 1. The van der Waals surface area contributed by atoms with Gasteiger partial charge in [0.1, 0.15) is 6.61 Å². The van der Waals surface area contributed by atoms with Crippen molar-refractivity contribution in [2.75, 3.05) is 50.6 Å². The van der Waals surface area contributed by atoms with Gasteiger partial charge in [0.05, 0.1) is 42.3 Å². The van der Waals surface area contributed by atoms with Crippen LogP contribution in [0.2, 0.25) is 0 Å². The fourth-order valence-electron chi connectivity index (χ4n) is 4.10. The molecule has 0 radical (unpaired) electrons. The van der Waals surface area contributed by atoms with Crippen LogP contribution in [0.25, 0.3) is 11.0 Å². The number of ether oxygens (including phenoxy) is 1. The molecule has 36 heavy (non-hydrogen) atoms. The van der Waals surface area contributed by atoms with Crippen LogP contribution in [0, 0.1) is 5.82 Å². The second-order valence-electron chi connectivity index (χ2n) is 8.90. The molecule has 4 aromatic rings. The third kappa shape index (κ3) is 5.19. The summed E-state index contributed by atoms with van der Waals surface area (Å²) in [6.07, 6.45) is 7.96. The number of amides is 1. The van der Waals surface area contributed by atoms with Gasteiger partial charge in [-0.05, 0) is 33.1 Å². The van der Waals surface area contributed by atoms with Crippen LogP contribution in [-0.4, -0.2) is 80.7 Å². The molecule has 1 saturated heterocycles. The molecule has 0 bridgehead atoms. The summed E-state index contributed by atoms with van der Waals surface area (Å²) in [6.45, 7) is 2.60. The molecule has 1 aromatic carbocycles. The number of halogens is 1. The van der Waals surface area contributed by atoms with Gasteiger partial charge in [-0.2, -0.15) is 15.2 Å². The Hall–Kier alpha value is -3.90. The maximum atomic E-state index is 15.4. The topological polar surface area (TPSA) is 106 Å². The zero-order valence-corrected chi connectivity index (χ0v) is 20.3. The number of carbonyl (C=O) groups excluding carboxylic acids is 1. The first-order chi connectivity index (χ1) is 17.5. The third-order valence-electron chi connectivity index (χ3n) is 5.91. The van der Waals surface area contributed by atoms with E-state index < -0.39 is 5.82 Å². The number of nitrogens with zero attached hydrogens (tertiary/aromatic N) is 8. The number of fused-ring (bicyclic) bond motifs is 1. The minimum absolute atomic E-state index is 0.0465. The molecule has 1 fully saturated rings. The lowest BCUT2D eigenvalue weighted by molar-refractivity contribution is -0.125. The summed E-state index contributed by atoms with van der Waals surface area (Å²) in [7, 11) is 4.09. The SMILES string of the molecule is CN(C)CCCn1cc(Nc2ncc3cnn(Cc4cccc(N5CCOCC5=O)c4F)c3n2)cn1. The number of benzene rings is 1. The molecule has 0 aliphatic carbocycles. The van der Waals surface area contributed by atoms with E-state index in [1.807, 2.05) is 25.0 Å². The number of nitrogens with one attached hydrogen (secondary N) is 1. The van der Waals surface area contributed by atoms with Crippen molar-refractivity contribution in [1.82, 2.24) is 34.4 Å². The van der Waals surface area contributed by atoms with Gasteiger partial charge < -0.3 is 19.9 Å². The highest BCUT2D eigenvalue weighted by Gasteiger charge is 2.24. The first kappa shape index (κ1) is 23.8. The summed E-state index contributed by atoms with van der Waals surface area (Å²) in [5, 5.41) is 12.7. The van der Waals surface area contributed by atoms with Crippen LogP contribution in [0.3, 0.4) is 0 Å². The minimum atomic E-state index is -0.453. The Morgan fingerprint density at radius 2 is 2.08 bits per heavy atom. The Morgan fingerprint density at radius 1 is 1.19 bits per heavy atom. The Bertz CT molecular complexity index is 1370. The van der Waals surface area contributed by atoms with Crippen LogP contribution in [0.15, 0.2) is 43.0 Å². The maximum absolute atomic E-state index is 15.4. The van der Waals surface area contributed by atoms with Gasteiger partial charge in [-0.3, -0.25) is 9.48 Å². The molecule has 0 atom stereocenters. The first-order valence-electron chi connectivity index (χ1n) is 11.8. The van der Waals surface area contributed by atoms with E-state index in [2.05, 4.69) is 30.4 Å². The molecule has 11 nitrogen and oxygen atoms in total. The Kier molecular flexibility index (Phi) is 6.87. The highest BCUT2D eigenvalue weighted by atomic mass is 19.1. The summed E-state index contributed by atoms with van der Waals surface area (Å²) >= 11 is 0. The van der Waals surface area contributed by atoms with Crippen LogP contribution < -0.4 is 10.2 Å². The molecule has 188 valence electrons. The molecule has 3 aromatic heterocycles. The van der Waals surface area contributed by atoms with Gasteiger partial charge in [-0.25, -0.2) is 14.1 Å². The zero-order chi connectivity index (χ0) is 25.1. The van der Waals surface area contributed by atoms with Crippen LogP contribution in [-0.2, 0) is 22.6 Å². The van der Waals surface area contributed by atoms with Gasteiger partial charge >= 0.3 is 0 Å². The van der Waals surface area contributed by atoms with Crippen LogP contribution in [0.4, 0.5) is 21.7 Å². The highest BCUT2D eigenvalue weighted by molar-refractivity contribution is 5.95. The lowest BCUT2D eigenvalue weighted by Gasteiger charge is -2.27. The highest BCUT2D eigenvalue weighted by Crippen LogP contribution is 2.25. The van der Waals surface area contributed by atoms with Crippen molar-refractivity contribution in [2.45, 2.75) is 19.5 Å². The van der Waals surface area contributed by atoms with Crippen LogP contribution in [0.5, 0.6) is 0 Å². The van der Waals surface area contributed by atoms with Crippen molar-refractivity contribution >= 4 is 34.3 Å². The molecule has 0 saturated carbocycles. The molecule has 0 unspecified atom stereocenters. The number of anilines is 3. The van der Waals surface area contributed by atoms with Crippen molar-refractivity contribution in [3.63, 3.8) is 0 Å². The standard InChI is InChI=1S/C24H28FN9O2/c1-31(2)7-4-8-32-15-19(13-27-32)29-24-26-11-18-12-28-34(23(18)30-24)14-17-5-3-6-20(22(17)25)33-9-10-36-16-21(33)35/h3,5-6,11-13,15H,4,7-10,14,16H2,1-2H3,(H,26,29,30). The number of morpholine rings is 1. The van der Waals surface area contributed by atoms with Crippen molar-refractivity contribution in [3.05, 3.63) is 54.4 Å². The molecule has 1 aliphatic rings. The molecule has 1 amide bonds. The van der Waals surface area contributed by atoms with E-state index in [9.17, 15) is 4.79 Å². The smallest absolute Gasteiger partial charge is 0.253 e. The predicted octanol–water partition coefficient (Wildman–Crippen LogP) is 2.27. The molecule has 0 spiro atoms. The molecular formula is C24H28FN9O2. The minimum Gasteiger partial charge on any atom is -0.370 e. The van der Waals surface area contributed by atoms with E-state index in [0.717, 1.165) is 30.6 Å². The van der Waals surface area contributed by atoms with Gasteiger partial charge in [-0.1, -0.05) is 12.1 Å². The summed E-state index contributed by atoms with van der Waals surface area (Å²) in [4.78, 5) is 24.7. The fourth-order valence-corrected chi connectivity index (χ4v) is 4.10. The monoisotopic (exact) mass is 493 g/mol. The Labute approximate surface area is 207 Å². The lowest BCUT2D eigenvalue weighted by atomic mass is 10.1. The number of rotatable bonds is 9. The average molecular weight is 494 g/mol. The van der Waals surface area contributed by atoms with E-state index >= 15 is 4.39 Å². The van der Waals surface area contributed by atoms with Crippen LogP contribution >= 0.6 is 0 Å². The number of aryl methyl sites for hydroxylation is 1. The first-order valence-corrected chi connectivity index (χ1v) is 11.8. The van der Waals surface area contributed by atoms with Crippen molar-refractivity contribution < 1.29 is 13.9 Å². The summed E-state index contributed by atoms with van der Waals surface area (Å²) in [6, 6.07) is 5.02. The predicted molar refractivity (Wildman–Crippen MR) is 133 cm³/mol. The Balaban J connectivity index is 1.33. The summed E-state index contributed by atoms with van der Waals surface area (Å²) < 4.78 is 24.1. The molecule has 1 N–H and O–H groups in total. The van der Waals surface area contributed by atoms with Crippen LogP contribution in [0.1, 0.15) is 12.0 Å². The fraction of sp³-hybridized carbons (Fsp3) is 0.375. The van der Waals surface area contributed by atoms with Crippen molar-refractivity contribution in [3.8, 4) is 0 Å². The quantitative estimate of drug-likeness (QED) is 0.379. The maximum Gasteiger partial charge on any atom is 0.253 e. The van der Waals surface area contributed by atoms with Crippen molar-refractivity contribution in [2.24, 2.45) is 0 Å². The molecule has 4 heterocycles. The third-order valence-corrected chi connectivity index (χ3v) is 5.91. The lowest BCUT2D eigenvalue weighted by Crippen LogP contribution is -2.42. The Morgan fingerprint density at radius 3 is 2.92 bits per heavy atom. The van der Waals surface area contributed by atoms with Gasteiger partial charge in [0.2, 0.25) is 5.95 Å². The van der Waals surface area contributed by atoms with E-state index in [1.54, 1.807) is 41.5 Å². The summed E-state index contributed by atoms with van der Waals surface area (Å²) in [5.41, 5.74) is 2.00. The van der Waals surface area contributed by atoms with Gasteiger partial charge in [0, 0.05) is 31.0 Å². The molecule has 12 heteroatoms. The van der Waals surface area contributed by atoms with Crippen molar-refractivity contribution in [1.29, 1.82) is 0 Å². The van der Waals surface area contributed by atoms with E-state index in [-0.39, 0.29) is 24.7 Å². The molecule has 5 rings (SSSR count). The van der Waals surface area contributed by atoms with E-state index in [1.165, 1.54) is 4.90 Å². The largest absolute Gasteiger partial charge is 0.370 e. The normalized spacial score (nSPS) is 14.2. The van der Waals surface area contributed by atoms with Gasteiger partial charge in [0.15, 0.2) is 11.5 Å². The second kappa shape index (κ2) is 10.4. The second-order valence-corrected chi connectivity index (χ2v) is 8.90. The van der Waals surface area contributed by atoms with E-state index in [0.29, 0.717) is 30.3 Å². The zero-order valence-electron chi connectivity index (χ0n) is 20.3. The number of aromatic nitrogens is 6. The molecular weight excluding hydrogens is 465 g/mol. The van der Waals surface area contributed by atoms with E-state index in [4.69, 9.17) is 4.74 Å². The average Bonchev–Trinajstić information content (AvgIpc) is 3.47. The summed E-state index contributed by atoms with van der Waals surface area (Å²) in [5.74, 6) is -0.318.